The lowest BCUT2D eigenvalue weighted by Gasteiger charge is -2.18. The number of nitrogens with one attached hydrogen (secondary N) is 1. The molecule has 2 aromatic carbocycles. The number of hydrogen-bond donors (Lipinski definition) is 1. The molecule has 0 radical (unpaired) electrons. The lowest BCUT2D eigenvalue weighted by atomic mass is 9.98. The van der Waals surface area contributed by atoms with Crippen molar-refractivity contribution in [3.05, 3.63) is 59.2 Å². The number of Topliss-reactive ketones (excluding diaryl/α,β-unsaturated/α-hetero) is 1. The number of carbonyl (C=O) groups excluding carboxylic acids is 3. The van der Waals surface area contributed by atoms with Crippen LogP contribution in [-0.4, -0.2) is 17.6 Å². The number of ether oxygens (including phenoxy) is 1. The summed E-state index contributed by atoms with van der Waals surface area (Å²) >= 11 is 0. The van der Waals surface area contributed by atoms with Gasteiger partial charge in [0.1, 0.15) is 11.5 Å². The molecule has 116 valence electrons. The van der Waals surface area contributed by atoms with E-state index >= 15 is 0 Å². The third kappa shape index (κ3) is 2.73. The van der Waals surface area contributed by atoms with Crippen molar-refractivity contribution in [2.24, 2.45) is 0 Å². The lowest BCUT2D eigenvalue weighted by molar-refractivity contribution is -0.116. The Morgan fingerprint density at radius 3 is 2.43 bits per heavy atom. The monoisotopic (exact) mass is 309 g/mol. The Morgan fingerprint density at radius 1 is 0.957 bits per heavy atom. The fourth-order valence-electron chi connectivity index (χ4n) is 2.45. The highest BCUT2D eigenvalue weighted by molar-refractivity contribution is 6.49. The lowest BCUT2D eigenvalue weighted by Crippen LogP contribution is -2.42. The predicted molar refractivity (Wildman–Crippen MR) is 83.9 cm³/mol. The first-order valence-corrected chi connectivity index (χ1v) is 7.28. The molecule has 0 aliphatic carbocycles. The number of imide groups is 1. The number of amides is 2. The van der Waals surface area contributed by atoms with Crippen LogP contribution in [0.5, 0.6) is 11.5 Å². The molecule has 1 N–H and O–H groups in total. The van der Waals surface area contributed by atoms with Gasteiger partial charge < -0.3 is 4.74 Å². The van der Waals surface area contributed by atoms with Gasteiger partial charge in [-0.2, -0.15) is 0 Å². The fourth-order valence-corrected chi connectivity index (χ4v) is 2.45. The topological polar surface area (TPSA) is 72.5 Å². The number of fused-ring (bicyclic) bond motifs is 1. The van der Waals surface area contributed by atoms with Crippen molar-refractivity contribution < 1.29 is 19.1 Å². The smallest absolute Gasteiger partial charge is 0.299 e. The molecule has 5 nitrogen and oxygen atoms in total. The largest absolute Gasteiger partial charge is 0.457 e. The minimum absolute atomic E-state index is 0.0660. The minimum atomic E-state index is -0.915. The Kier molecular flexibility index (Phi) is 3.70. The van der Waals surface area contributed by atoms with E-state index in [-0.39, 0.29) is 16.9 Å². The van der Waals surface area contributed by atoms with Gasteiger partial charge in [-0.3, -0.25) is 19.7 Å². The Balaban J connectivity index is 2.02. The number of ketones is 1. The van der Waals surface area contributed by atoms with Gasteiger partial charge >= 0.3 is 0 Å². The van der Waals surface area contributed by atoms with Crippen LogP contribution in [0.1, 0.15) is 46.0 Å². The molecular formula is C18H15NO4. The Bertz CT molecular complexity index is 824. The normalized spacial score (nSPS) is 13.8. The second kappa shape index (κ2) is 5.68. The molecule has 0 spiro atoms. The van der Waals surface area contributed by atoms with Crippen molar-refractivity contribution >= 4 is 17.6 Å². The molecule has 1 aliphatic heterocycles. The molecule has 0 saturated heterocycles. The SMILES string of the molecule is CC(C)c1cccc(Oc2cccc3c2C(=O)NC(=O)C3=O)c1. The van der Waals surface area contributed by atoms with Crippen LogP contribution in [0.4, 0.5) is 0 Å². The molecule has 0 bridgehead atoms. The van der Waals surface area contributed by atoms with Crippen LogP contribution in [0, 0.1) is 0 Å². The summed E-state index contributed by atoms with van der Waals surface area (Å²) in [6.07, 6.45) is 0. The Hall–Kier alpha value is -2.95. The minimum Gasteiger partial charge on any atom is -0.457 e. The van der Waals surface area contributed by atoms with Gasteiger partial charge in [0.15, 0.2) is 0 Å². The van der Waals surface area contributed by atoms with E-state index in [0.717, 1.165) is 5.56 Å². The van der Waals surface area contributed by atoms with Crippen LogP contribution in [0.3, 0.4) is 0 Å². The van der Waals surface area contributed by atoms with Gasteiger partial charge in [-0.25, -0.2) is 0 Å². The molecule has 0 aromatic heterocycles. The Labute approximate surface area is 133 Å². The first-order chi connectivity index (χ1) is 11.0. The summed E-state index contributed by atoms with van der Waals surface area (Å²) in [6, 6.07) is 12.2. The van der Waals surface area contributed by atoms with E-state index in [0.29, 0.717) is 11.7 Å². The molecule has 0 atom stereocenters. The van der Waals surface area contributed by atoms with Crippen molar-refractivity contribution in [1.29, 1.82) is 0 Å². The number of rotatable bonds is 3. The van der Waals surface area contributed by atoms with Gasteiger partial charge in [0.2, 0.25) is 0 Å². The maximum absolute atomic E-state index is 12.1. The summed E-state index contributed by atoms with van der Waals surface area (Å²) in [5.74, 6) is -1.11. The van der Waals surface area contributed by atoms with E-state index in [4.69, 9.17) is 4.74 Å². The average molecular weight is 309 g/mol. The van der Waals surface area contributed by atoms with Gasteiger partial charge in [0.05, 0.1) is 5.56 Å². The maximum Gasteiger partial charge on any atom is 0.299 e. The summed E-state index contributed by atoms with van der Waals surface area (Å²) < 4.78 is 5.80. The molecule has 1 aliphatic rings. The molecular weight excluding hydrogens is 294 g/mol. The van der Waals surface area contributed by atoms with Crippen molar-refractivity contribution in [3.63, 3.8) is 0 Å². The van der Waals surface area contributed by atoms with E-state index in [9.17, 15) is 14.4 Å². The van der Waals surface area contributed by atoms with Crippen LogP contribution in [-0.2, 0) is 4.79 Å². The highest BCUT2D eigenvalue weighted by Gasteiger charge is 2.33. The van der Waals surface area contributed by atoms with Gasteiger partial charge in [0.25, 0.3) is 17.6 Å². The molecule has 2 amide bonds. The Morgan fingerprint density at radius 2 is 1.70 bits per heavy atom. The third-order valence-electron chi connectivity index (χ3n) is 3.68. The van der Waals surface area contributed by atoms with Gasteiger partial charge in [-0.05, 0) is 35.7 Å². The molecule has 2 aromatic rings. The van der Waals surface area contributed by atoms with Gasteiger partial charge in [-0.1, -0.05) is 32.0 Å². The predicted octanol–water partition coefficient (Wildman–Crippen LogP) is 3.06. The molecule has 1 heterocycles. The molecule has 5 heteroatoms. The highest BCUT2D eigenvalue weighted by atomic mass is 16.5. The van der Waals surface area contributed by atoms with Crippen LogP contribution in [0.15, 0.2) is 42.5 Å². The molecule has 0 unspecified atom stereocenters. The van der Waals surface area contributed by atoms with Crippen molar-refractivity contribution in [2.45, 2.75) is 19.8 Å². The van der Waals surface area contributed by atoms with E-state index < -0.39 is 17.6 Å². The van der Waals surface area contributed by atoms with E-state index in [1.54, 1.807) is 18.2 Å². The molecule has 23 heavy (non-hydrogen) atoms. The first kappa shape index (κ1) is 15.0. The van der Waals surface area contributed by atoms with Crippen molar-refractivity contribution in [1.82, 2.24) is 5.32 Å². The summed E-state index contributed by atoms with van der Waals surface area (Å²) in [7, 11) is 0. The van der Waals surface area contributed by atoms with Crippen molar-refractivity contribution in [2.75, 3.05) is 0 Å². The molecule has 0 saturated carbocycles. The summed E-state index contributed by atoms with van der Waals surface area (Å²) in [4.78, 5) is 35.4. The van der Waals surface area contributed by atoms with Crippen LogP contribution < -0.4 is 10.1 Å². The van der Waals surface area contributed by atoms with Gasteiger partial charge in [-0.15, -0.1) is 0 Å². The van der Waals surface area contributed by atoms with Crippen LogP contribution in [0.25, 0.3) is 0 Å². The zero-order chi connectivity index (χ0) is 16.6. The first-order valence-electron chi connectivity index (χ1n) is 7.28. The highest BCUT2D eigenvalue weighted by Crippen LogP contribution is 2.31. The van der Waals surface area contributed by atoms with Crippen LogP contribution in [0.2, 0.25) is 0 Å². The van der Waals surface area contributed by atoms with E-state index in [1.807, 2.05) is 23.5 Å². The van der Waals surface area contributed by atoms with E-state index in [2.05, 4.69) is 13.8 Å². The van der Waals surface area contributed by atoms with Crippen LogP contribution >= 0.6 is 0 Å². The standard InChI is InChI=1S/C18H15NO4/c1-10(2)11-5-3-6-12(9-11)23-14-8-4-7-13-15(14)17(21)19-18(22)16(13)20/h3-10H,1-2H3,(H,19,21,22). The zero-order valence-corrected chi connectivity index (χ0v) is 12.8. The molecule has 0 fully saturated rings. The van der Waals surface area contributed by atoms with Gasteiger partial charge in [0, 0.05) is 5.56 Å². The number of carbonyl (C=O) groups is 3. The number of benzene rings is 2. The second-order valence-corrected chi connectivity index (χ2v) is 5.62. The summed E-state index contributed by atoms with van der Waals surface area (Å²) in [5.41, 5.74) is 1.26. The third-order valence-corrected chi connectivity index (χ3v) is 3.68. The second-order valence-electron chi connectivity index (χ2n) is 5.62. The maximum atomic E-state index is 12.1. The number of hydrogen-bond acceptors (Lipinski definition) is 4. The summed E-state index contributed by atoms with van der Waals surface area (Å²) in [5, 5.41) is 2.03. The fraction of sp³-hybridized carbons (Fsp3) is 0.167. The van der Waals surface area contributed by atoms with Crippen molar-refractivity contribution in [3.8, 4) is 11.5 Å². The molecule has 3 rings (SSSR count). The quantitative estimate of drug-likeness (QED) is 0.698. The summed E-state index contributed by atoms with van der Waals surface area (Å²) in [6.45, 7) is 4.14. The zero-order valence-electron chi connectivity index (χ0n) is 12.8. The van der Waals surface area contributed by atoms with E-state index in [1.165, 1.54) is 6.07 Å². The average Bonchev–Trinajstić information content (AvgIpc) is 2.53.